The third kappa shape index (κ3) is 3.08. The number of hydrogen-bond acceptors (Lipinski definition) is 3. The van der Waals surface area contributed by atoms with Crippen molar-refractivity contribution in [3.63, 3.8) is 0 Å². The molecule has 3 aliphatic heterocycles. The lowest BCUT2D eigenvalue weighted by molar-refractivity contribution is -0.734. The van der Waals surface area contributed by atoms with E-state index in [1.54, 1.807) is 11.0 Å². The molecule has 1 spiro atoms. The van der Waals surface area contributed by atoms with E-state index in [1.807, 2.05) is 59.9 Å². The zero-order valence-corrected chi connectivity index (χ0v) is 19.1. The maximum Gasteiger partial charge on any atom is 0.294 e. The first kappa shape index (κ1) is 21.6. The van der Waals surface area contributed by atoms with E-state index in [2.05, 4.69) is 20.4 Å². The van der Waals surface area contributed by atoms with Crippen LogP contribution in [0.25, 0.3) is 0 Å². The summed E-state index contributed by atoms with van der Waals surface area (Å²) in [5.74, 6) is -1.39. The average Bonchev–Trinajstić information content (AvgIpc) is 3.35. The molecule has 0 bridgehead atoms. The molecule has 0 radical (unpaired) electrons. The minimum absolute atomic E-state index is 0.118. The molecule has 2 N–H and O–H groups in total. The molecule has 2 aromatic carbocycles. The Morgan fingerprint density at radius 3 is 2.39 bits per heavy atom. The Morgan fingerprint density at radius 1 is 1.00 bits per heavy atom. The topological polar surface area (TPSA) is 74.3 Å². The number of anilines is 1. The number of para-hydroxylation sites is 1. The van der Waals surface area contributed by atoms with Gasteiger partial charge in [-0.25, -0.2) is 0 Å². The second-order valence-electron chi connectivity index (χ2n) is 9.80. The van der Waals surface area contributed by atoms with Gasteiger partial charge in [-0.2, -0.15) is 0 Å². The lowest BCUT2D eigenvalue weighted by Crippen LogP contribution is -2.99. The zero-order valence-electron chi connectivity index (χ0n) is 19.1. The number of nitrogens with two attached hydrogens (primary N) is 1. The van der Waals surface area contributed by atoms with Gasteiger partial charge in [-0.1, -0.05) is 68.5 Å². The van der Waals surface area contributed by atoms with Crippen LogP contribution < -0.4 is 10.2 Å². The highest BCUT2D eigenvalue weighted by molar-refractivity contribution is 6.14. The number of nitrogens with zero attached hydrogens (tertiary/aromatic N) is 2. The number of imide groups is 1. The monoisotopic (exact) mass is 444 g/mol. The summed E-state index contributed by atoms with van der Waals surface area (Å²) < 4.78 is 0. The van der Waals surface area contributed by atoms with Gasteiger partial charge < -0.3 is 10.2 Å². The first-order valence-electron chi connectivity index (χ1n) is 11.7. The minimum atomic E-state index is -1.11. The van der Waals surface area contributed by atoms with E-state index in [9.17, 15) is 14.4 Å². The van der Waals surface area contributed by atoms with Crippen LogP contribution in [0.1, 0.15) is 31.4 Å². The molecule has 170 valence electrons. The standard InChI is InChI=1S/C27H29N3O3/c1-4-14-29-21-13-9-8-12-19(21)27(26(29)33)23-22(20(28-27)15-17(2)3)24(31)30(25(23)32)16-18-10-6-5-7-11-18/h4-13,17,20,22-23,28H,1,14-16H2,2-3H3/p+1. The largest absolute Gasteiger partial charge is 0.326 e. The molecule has 4 unspecified atom stereocenters. The van der Waals surface area contributed by atoms with Crippen molar-refractivity contribution >= 4 is 23.4 Å². The summed E-state index contributed by atoms with van der Waals surface area (Å²) in [5.41, 5.74) is 1.44. The first-order valence-corrected chi connectivity index (χ1v) is 11.7. The van der Waals surface area contributed by atoms with Gasteiger partial charge in [-0.05, 0) is 17.5 Å². The van der Waals surface area contributed by atoms with Crippen LogP contribution in [0.4, 0.5) is 5.69 Å². The molecule has 6 nitrogen and oxygen atoms in total. The van der Waals surface area contributed by atoms with E-state index in [4.69, 9.17) is 0 Å². The summed E-state index contributed by atoms with van der Waals surface area (Å²) in [6, 6.07) is 17.1. The van der Waals surface area contributed by atoms with Crippen LogP contribution in [-0.4, -0.2) is 35.2 Å². The van der Waals surface area contributed by atoms with Crippen LogP contribution in [0, 0.1) is 17.8 Å². The minimum Gasteiger partial charge on any atom is -0.326 e. The van der Waals surface area contributed by atoms with Gasteiger partial charge in [0.15, 0.2) is 0 Å². The molecule has 0 aromatic heterocycles. The molecule has 3 heterocycles. The third-order valence-electron chi connectivity index (χ3n) is 7.35. The molecular weight excluding hydrogens is 414 g/mol. The molecule has 3 amide bonds. The fourth-order valence-corrected chi connectivity index (χ4v) is 6.17. The molecule has 2 aromatic rings. The molecule has 6 heteroatoms. The number of likely N-dealkylation sites (tertiary alicyclic amines) is 1. The van der Waals surface area contributed by atoms with Crippen LogP contribution in [0.3, 0.4) is 0 Å². The number of hydrogen-bond donors (Lipinski definition) is 1. The van der Waals surface area contributed by atoms with Crippen LogP contribution in [-0.2, 0) is 26.5 Å². The van der Waals surface area contributed by atoms with E-state index in [-0.39, 0.29) is 30.3 Å². The Hall–Kier alpha value is -3.25. The number of fused-ring (bicyclic) bond motifs is 4. The number of rotatable bonds is 6. The lowest BCUT2D eigenvalue weighted by Gasteiger charge is -2.27. The molecule has 33 heavy (non-hydrogen) atoms. The molecular formula is C27H30N3O3+. The summed E-state index contributed by atoms with van der Waals surface area (Å²) in [7, 11) is 0. The van der Waals surface area contributed by atoms with Crippen molar-refractivity contribution in [1.29, 1.82) is 0 Å². The summed E-state index contributed by atoms with van der Waals surface area (Å²) in [4.78, 5) is 44.7. The van der Waals surface area contributed by atoms with E-state index < -0.39 is 17.4 Å². The fourth-order valence-electron chi connectivity index (χ4n) is 6.17. The summed E-state index contributed by atoms with van der Waals surface area (Å²) in [6.07, 6.45) is 2.47. The second kappa shape index (κ2) is 7.96. The van der Waals surface area contributed by atoms with E-state index in [0.29, 0.717) is 12.5 Å². The van der Waals surface area contributed by atoms with Crippen LogP contribution >= 0.6 is 0 Å². The number of carbonyl (C=O) groups excluding carboxylic acids is 3. The number of benzene rings is 2. The van der Waals surface area contributed by atoms with E-state index >= 15 is 0 Å². The molecule has 0 aliphatic carbocycles. The van der Waals surface area contributed by atoms with Gasteiger partial charge in [0.25, 0.3) is 5.91 Å². The van der Waals surface area contributed by atoms with Gasteiger partial charge in [0.2, 0.25) is 17.4 Å². The van der Waals surface area contributed by atoms with Gasteiger partial charge in [0.1, 0.15) is 17.9 Å². The Bertz CT molecular complexity index is 1130. The van der Waals surface area contributed by atoms with Crippen molar-refractivity contribution in [1.82, 2.24) is 4.90 Å². The van der Waals surface area contributed by atoms with Crippen LogP contribution in [0.15, 0.2) is 67.3 Å². The van der Waals surface area contributed by atoms with Crippen LogP contribution in [0.5, 0.6) is 0 Å². The average molecular weight is 445 g/mol. The SMILES string of the molecule is C=CCN1C(=O)C2([NH2+]C(CC(C)C)C3C(=O)N(Cc4ccccc4)C(=O)C32)c2ccccc21. The van der Waals surface area contributed by atoms with E-state index in [0.717, 1.165) is 23.2 Å². The lowest BCUT2D eigenvalue weighted by atomic mass is 9.76. The third-order valence-corrected chi connectivity index (χ3v) is 7.35. The summed E-state index contributed by atoms with van der Waals surface area (Å²) in [5, 5.41) is 2.04. The molecule has 5 rings (SSSR count). The summed E-state index contributed by atoms with van der Waals surface area (Å²) >= 11 is 0. The first-order chi connectivity index (χ1) is 15.9. The van der Waals surface area contributed by atoms with Crippen LogP contribution in [0.2, 0.25) is 0 Å². The molecule has 4 atom stereocenters. The maximum atomic E-state index is 14.0. The number of quaternary nitrogens is 1. The highest BCUT2D eigenvalue weighted by Crippen LogP contribution is 2.51. The highest BCUT2D eigenvalue weighted by Gasteiger charge is 2.75. The Morgan fingerprint density at radius 2 is 1.70 bits per heavy atom. The van der Waals surface area contributed by atoms with Gasteiger partial charge in [-0.15, -0.1) is 6.58 Å². The Balaban J connectivity index is 1.63. The predicted molar refractivity (Wildman–Crippen MR) is 125 cm³/mol. The van der Waals surface area contributed by atoms with Gasteiger partial charge in [0.05, 0.1) is 12.2 Å². The molecule has 2 fully saturated rings. The summed E-state index contributed by atoms with van der Waals surface area (Å²) in [6.45, 7) is 8.66. The van der Waals surface area contributed by atoms with Gasteiger partial charge >= 0.3 is 0 Å². The molecule has 0 saturated carbocycles. The van der Waals surface area contributed by atoms with Crippen molar-refractivity contribution in [3.05, 3.63) is 78.4 Å². The smallest absolute Gasteiger partial charge is 0.294 e. The second-order valence-corrected chi connectivity index (χ2v) is 9.80. The molecule has 2 saturated heterocycles. The van der Waals surface area contributed by atoms with Crippen molar-refractivity contribution in [2.75, 3.05) is 11.4 Å². The van der Waals surface area contributed by atoms with E-state index in [1.165, 1.54) is 4.90 Å². The fraction of sp³-hybridized carbons (Fsp3) is 0.370. The Kier molecular flexibility index (Phi) is 5.20. The highest BCUT2D eigenvalue weighted by atomic mass is 16.2. The molecule has 3 aliphatic rings. The maximum absolute atomic E-state index is 14.0. The van der Waals surface area contributed by atoms with Gasteiger partial charge in [-0.3, -0.25) is 19.3 Å². The normalized spacial score (nSPS) is 28.2. The number of amides is 3. The Labute approximate surface area is 194 Å². The van der Waals surface area contributed by atoms with Crippen molar-refractivity contribution in [3.8, 4) is 0 Å². The predicted octanol–water partition coefficient (Wildman–Crippen LogP) is 2.21. The zero-order chi connectivity index (χ0) is 23.3. The van der Waals surface area contributed by atoms with Crippen molar-refractivity contribution in [2.45, 2.75) is 38.4 Å². The van der Waals surface area contributed by atoms with Crippen molar-refractivity contribution in [2.24, 2.45) is 17.8 Å². The van der Waals surface area contributed by atoms with Crippen molar-refractivity contribution < 1.29 is 19.7 Å². The quantitative estimate of drug-likeness (QED) is 0.548. The number of carbonyl (C=O) groups is 3. The van der Waals surface area contributed by atoms with Gasteiger partial charge in [0, 0.05) is 18.5 Å².